The number of hydrogen-bond acceptors (Lipinski definition) is 4. The van der Waals surface area contributed by atoms with Gasteiger partial charge in [-0.2, -0.15) is 0 Å². The molecule has 0 radical (unpaired) electrons. The second-order valence-corrected chi connectivity index (χ2v) is 5.41. The van der Waals surface area contributed by atoms with Gasteiger partial charge in [0, 0.05) is 23.3 Å². The monoisotopic (exact) mass is 304 g/mol. The predicted octanol–water partition coefficient (Wildman–Crippen LogP) is 4.70. The van der Waals surface area contributed by atoms with Crippen LogP contribution in [-0.4, -0.2) is 16.5 Å². The quantitative estimate of drug-likeness (QED) is 0.759. The molecule has 0 spiro atoms. The van der Waals surface area contributed by atoms with Gasteiger partial charge in [-0.1, -0.05) is 31.0 Å². The molecule has 0 aliphatic carbocycles. The molecule has 1 aromatic heterocycles. The molecule has 2 rings (SSSR count). The molecule has 0 aliphatic rings. The fourth-order valence-corrected chi connectivity index (χ4v) is 2.17. The number of unbranched alkanes of at least 4 members (excludes halogenated alkanes) is 1. The Morgan fingerprint density at radius 2 is 1.90 bits per heavy atom. The third kappa shape index (κ3) is 4.33. The number of nitrogens with one attached hydrogen (secondary N) is 2. The highest BCUT2D eigenvalue weighted by atomic mass is 35.5. The molecule has 2 N–H and O–H groups in total. The summed E-state index contributed by atoms with van der Waals surface area (Å²) < 4.78 is 0. The van der Waals surface area contributed by atoms with E-state index in [-0.39, 0.29) is 0 Å². The van der Waals surface area contributed by atoms with E-state index in [1.807, 2.05) is 38.1 Å². The van der Waals surface area contributed by atoms with Gasteiger partial charge >= 0.3 is 0 Å². The highest BCUT2D eigenvalue weighted by Crippen LogP contribution is 2.26. The molecule has 2 aromatic rings. The lowest BCUT2D eigenvalue weighted by molar-refractivity contribution is 0.829. The van der Waals surface area contributed by atoms with Gasteiger partial charge in [-0.25, -0.2) is 9.97 Å². The van der Waals surface area contributed by atoms with Crippen molar-refractivity contribution in [1.82, 2.24) is 9.97 Å². The van der Waals surface area contributed by atoms with Crippen LogP contribution in [-0.2, 0) is 0 Å². The van der Waals surface area contributed by atoms with Crippen LogP contribution in [0.4, 0.5) is 17.3 Å². The topological polar surface area (TPSA) is 49.8 Å². The lowest BCUT2D eigenvalue weighted by atomic mass is 10.2. The Bertz CT molecular complexity index is 613. The summed E-state index contributed by atoms with van der Waals surface area (Å²) in [4.78, 5) is 8.82. The Kier molecular flexibility index (Phi) is 5.39. The second-order valence-electron chi connectivity index (χ2n) is 5.00. The zero-order chi connectivity index (χ0) is 15.2. The van der Waals surface area contributed by atoms with Gasteiger partial charge in [-0.3, -0.25) is 0 Å². The average Bonchev–Trinajstić information content (AvgIpc) is 2.44. The molecule has 0 atom stereocenters. The van der Waals surface area contributed by atoms with E-state index in [0.29, 0.717) is 0 Å². The van der Waals surface area contributed by atoms with Gasteiger partial charge < -0.3 is 10.6 Å². The van der Waals surface area contributed by atoms with Gasteiger partial charge in [-0.05, 0) is 38.0 Å². The third-order valence-corrected chi connectivity index (χ3v) is 3.61. The van der Waals surface area contributed by atoms with Crippen LogP contribution >= 0.6 is 11.6 Å². The van der Waals surface area contributed by atoms with Crippen LogP contribution < -0.4 is 10.6 Å². The van der Waals surface area contributed by atoms with Gasteiger partial charge in [0.1, 0.15) is 17.5 Å². The summed E-state index contributed by atoms with van der Waals surface area (Å²) in [5.41, 5.74) is 1.97. The van der Waals surface area contributed by atoms with Crippen LogP contribution in [0, 0.1) is 13.8 Å². The zero-order valence-corrected chi connectivity index (χ0v) is 13.5. The third-order valence-electron chi connectivity index (χ3n) is 3.20. The minimum atomic E-state index is 0.735. The van der Waals surface area contributed by atoms with Crippen molar-refractivity contribution >= 4 is 28.9 Å². The second kappa shape index (κ2) is 7.27. The van der Waals surface area contributed by atoms with E-state index in [9.17, 15) is 0 Å². The molecule has 5 heteroatoms. The highest BCUT2D eigenvalue weighted by molar-refractivity contribution is 6.31. The Hall–Kier alpha value is -1.81. The summed E-state index contributed by atoms with van der Waals surface area (Å²) in [6.07, 6.45) is 2.28. The Morgan fingerprint density at radius 1 is 1.14 bits per heavy atom. The van der Waals surface area contributed by atoms with Crippen molar-refractivity contribution < 1.29 is 0 Å². The van der Waals surface area contributed by atoms with Crippen LogP contribution in [0.5, 0.6) is 0 Å². The molecule has 0 amide bonds. The van der Waals surface area contributed by atoms with Gasteiger partial charge in [0.15, 0.2) is 0 Å². The maximum atomic E-state index is 6.14. The van der Waals surface area contributed by atoms with E-state index < -0.39 is 0 Å². The van der Waals surface area contributed by atoms with Gasteiger partial charge in [-0.15, -0.1) is 0 Å². The molecule has 1 aromatic carbocycles. The normalized spacial score (nSPS) is 10.5. The maximum Gasteiger partial charge on any atom is 0.136 e. The standard InChI is InChI=1S/C16H21ClN4/c1-4-5-9-18-15-10-16(20-12(3)19-15)21-14-8-6-7-13(17)11(14)2/h6-8,10H,4-5,9H2,1-3H3,(H2,18,19,20,21). The number of anilines is 3. The van der Waals surface area contributed by atoms with E-state index in [1.165, 1.54) is 0 Å². The fraction of sp³-hybridized carbons (Fsp3) is 0.375. The SMILES string of the molecule is CCCCNc1cc(Nc2cccc(Cl)c2C)nc(C)n1. The van der Waals surface area contributed by atoms with Crippen LogP contribution in [0.3, 0.4) is 0 Å². The number of nitrogens with zero attached hydrogens (tertiary/aromatic N) is 2. The molecule has 0 unspecified atom stereocenters. The largest absolute Gasteiger partial charge is 0.370 e. The highest BCUT2D eigenvalue weighted by Gasteiger charge is 2.05. The van der Waals surface area contributed by atoms with Crippen LogP contribution in [0.25, 0.3) is 0 Å². The molecule has 0 saturated carbocycles. The summed E-state index contributed by atoms with van der Waals surface area (Å²) in [5.74, 6) is 2.35. The van der Waals surface area contributed by atoms with Crippen molar-refractivity contribution in [2.45, 2.75) is 33.6 Å². The first-order valence-electron chi connectivity index (χ1n) is 7.22. The Balaban J connectivity index is 2.17. The molecular weight excluding hydrogens is 284 g/mol. The lowest BCUT2D eigenvalue weighted by Gasteiger charge is -2.12. The summed E-state index contributed by atoms with van der Waals surface area (Å²) in [6.45, 7) is 6.96. The first-order valence-corrected chi connectivity index (χ1v) is 7.59. The minimum Gasteiger partial charge on any atom is -0.370 e. The summed E-state index contributed by atoms with van der Waals surface area (Å²) >= 11 is 6.14. The van der Waals surface area contributed by atoms with Gasteiger partial charge in [0.05, 0.1) is 0 Å². The molecule has 0 aliphatic heterocycles. The number of hydrogen-bond donors (Lipinski definition) is 2. The zero-order valence-electron chi connectivity index (χ0n) is 12.7. The van der Waals surface area contributed by atoms with E-state index in [4.69, 9.17) is 11.6 Å². The van der Waals surface area contributed by atoms with Crippen molar-refractivity contribution in [3.63, 3.8) is 0 Å². The van der Waals surface area contributed by atoms with Crippen molar-refractivity contribution in [3.05, 3.63) is 40.7 Å². The van der Waals surface area contributed by atoms with E-state index in [2.05, 4.69) is 27.5 Å². The lowest BCUT2D eigenvalue weighted by Crippen LogP contribution is -2.06. The predicted molar refractivity (Wildman–Crippen MR) is 89.6 cm³/mol. The fourth-order valence-electron chi connectivity index (χ4n) is 2.00. The first kappa shape index (κ1) is 15.6. The molecule has 0 fully saturated rings. The number of aryl methyl sites for hydroxylation is 1. The van der Waals surface area contributed by atoms with Crippen molar-refractivity contribution in [2.75, 3.05) is 17.2 Å². The van der Waals surface area contributed by atoms with E-state index in [0.717, 1.165) is 53.1 Å². The molecule has 112 valence electrons. The molecule has 0 bridgehead atoms. The Labute approximate surface area is 131 Å². The summed E-state index contributed by atoms with van der Waals surface area (Å²) in [6, 6.07) is 7.71. The maximum absolute atomic E-state index is 6.14. The van der Waals surface area contributed by atoms with E-state index in [1.54, 1.807) is 0 Å². The molecule has 1 heterocycles. The number of rotatable bonds is 6. The minimum absolute atomic E-state index is 0.735. The van der Waals surface area contributed by atoms with Crippen LogP contribution in [0.1, 0.15) is 31.2 Å². The number of halogens is 1. The smallest absolute Gasteiger partial charge is 0.136 e. The number of aromatic nitrogens is 2. The van der Waals surface area contributed by atoms with Crippen molar-refractivity contribution in [1.29, 1.82) is 0 Å². The average molecular weight is 305 g/mol. The van der Waals surface area contributed by atoms with Crippen molar-refractivity contribution in [2.24, 2.45) is 0 Å². The van der Waals surface area contributed by atoms with Crippen molar-refractivity contribution in [3.8, 4) is 0 Å². The molecular formula is C16H21ClN4. The molecule has 4 nitrogen and oxygen atoms in total. The first-order chi connectivity index (χ1) is 10.1. The molecule has 0 saturated heterocycles. The summed E-state index contributed by atoms with van der Waals surface area (Å²) in [5, 5.41) is 7.37. The Morgan fingerprint density at radius 3 is 2.67 bits per heavy atom. The van der Waals surface area contributed by atoms with Gasteiger partial charge in [0.2, 0.25) is 0 Å². The molecule has 21 heavy (non-hydrogen) atoms. The summed E-state index contributed by atoms with van der Waals surface area (Å²) in [7, 11) is 0. The van der Waals surface area contributed by atoms with E-state index >= 15 is 0 Å². The van der Waals surface area contributed by atoms with Crippen LogP contribution in [0.15, 0.2) is 24.3 Å². The van der Waals surface area contributed by atoms with Crippen LogP contribution in [0.2, 0.25) is 5.02 Å². The number of benzene rings is 1. The van der Waals surface area contributed by atoms with Gasteiger partial charge in [0.25, 0.3) is 0 Å².